The van der Waals surface area contributed by atoms with E-state index in [9.17, 15) is 9.59 Å². The molecule has 64 valence electrons. The fourth-order valence-corrected chi connectivity index (χ4v) is 0.371. The number of nitrogens with zero attached hydrogens (tertiary/aromatic N) is 2. The van der Waals surface area contributed by atoms with Gasteiger partial charge in [-0.2, -0.15) is 0 Å². The van der Waals surface area contributed by atoms with Crippen LogP contribution in [-0.4, -0.2) is 22.0 Å². The van der Waals surface area contributed by atoms with Gasteiger partial charge in [-0.25, -0.2) is 0 Å². The third kappa shape index (κ3) is 6.54. The number of hydrogen-bond donors (Lipinski definition) is 0. The molecule has 0 aliphatic carbocycles. The van der Waals surface area contributed by atoms with Crippen molar-refractivity contribution in [3.05, 3.63) is 24.3 Å². The maximum atomic E-state index is 9.90. The Labute approximate surface area is 70.7 Å². The zero-order valence-electron chi connectivity index (χ0n) is 7.02. The first-order chi connectivity index (χ1) is 5.66. The van der Waals surface area contributed by atoms with Gasteiger partial charge in [-0.1, -0.05) is 0 Å². The maximum Gasteiger partial charge on any atom is 0.170 e. The fourth-order valence-electron chi connectivity index (χ4n) is 0.371. The van der Waals surface area contributed by atoms with Gasteiger partial charge in [0.1, 0.15) is 11.5 Å². The highest BCUT2D eigenvalue weighted by molar-refractivity contribution is 5.72. The Kier molecular flexibility index (Phi) is 5.34. The topological polar surface area (TPSA) is 59.9 Å². The lowest BCUT2D eigenvalue weighted by Crippen LogP contribution is -1.84. The summed E-state index contributed by atoms with van der Waals surface area (Å²) in [5.41, 5.74) is 0.368. The number of Topliss-reactive ketones (excluding diaryl/α,β-unsaturated/α-hetero) is 1. The summed E-state index contributed by atoms with van der Waals surface area (Å²) in [6.45, 7) is 3.06. The number of rotatable bonds is 1. The molecule has 1 heterocycles. The molecule has 4 heteroatoms. The number of aldehydes is 1. The van der Waals surface area contributed by atoms with Crippen molar-refractivity contribution in [2.24, 2.45) is 0 Å². The molecule has 0 atom stereocenters. The van der Waals surface area contributed by atoms with Crippen LogP contribution in [0.4, 0.5) is 0 Å². The first kappa shape index (κ1) is 10.4. The van der Waals surface area contributed by atoms with Crippen LogP contribution in [0.5, 0.6) is 0 Å². The van der Waals surface area contributed by atoms with Gasteiger partial charge < -0.3 is 4.79 Å². The van der Waals surface area contributed by atoms with Crippen molar-refractivity contribution in [3.8, 4) is 0 Å². The van der Waals surface area contributed by atoms with Crippen molar-refractivity contribution in [1.29, 1.82) is 0 Å². The van der Waals surface area contributed by atoms with Crippen LogP contribution < -0.4 is 0 Å². The normalized spacial score (nSPS) is 7.83. The highest BCUT2D eigenvalue weighted by atomic mass is 16.1. The van der Waals surface area contributed by atoms with Crippen LogP contribution in [0.1, 0.15) is 24.3 Å². The smallest absolute Gasteiger partial charge is 0.170 e. The van der Waals surface area contributed by atoms with Crippen molar-refractivity contribution in [2.45, 2.75) is 13.8 Å². The van der Waals surface area contributed by atoms with Gasteiger partial charge in [0.05, 0.1) is 6.20 Å². The van der Waals surface area contributed by atoms with Gasteiger partial charge in [-0.15, -0.1) is 0 Å². The van der Waals surface area contributed by atoms with E-state index in [1.807, 2.05) is 0 Å². The molecule has 0 bridgehead atoms. The molecule has 1 aromatic rings. The van der Waals surface area contributed by atoms with Crippen LogP contribution in [-0.2, 0) is 4.79 Å². The minimum Gasteiger partial charge on any atom is -0.300 e. The molecule has 0 spiro atoms. The van der Waals surface area contributed by atoms with E-state index in [0.29, 0.717) is 12.0 Å². The van der Waals surface area contributed by atoms with Gasteiger partial charge in [0.15, 0.2) is 6.29 Å². The van der Waals surface area contributed by atoms with Gasteiger partial charge in [0.25, 0.3) is 0 Å². The van der Waals surface area contributed by atoms with E-state index in [-0.39, 0.29) is 5.78 Å². The molecule has 12 heavy (non-hydrogen) atoms. The second kappa shape index (κ2) is 6.15. The fraction of sp³-hybridized carbons (Fsp3) is 0.250. The summed E-state index contributed by atoms with van der Waals surface area (Å²) in [5.74, 6) is 0.167. The van der Waals surface area contributed by atoms with Crippen LogP contribution in [0, 0.1) is 0 Å². The van der Waals surface area contributed by atoms with Gasteiger partial charge in [0.2, 0.25) is 0 Å². The minimum absolute atomic E-state index is 0.167. The van der Waals surface area contributed by atoms with E-state index < -0.39 is 0 Å². The summed E-state index contributed by atoms with van der Waals surface area (Å²) in [5, 5.41) is 0. The number of aromatic nitrogens is 2. The van der Waals surface area contributed by atoms with Gasteiger partial charge in [-0.05, 0) is 13.8 Å². The van der Waals surface area contributed by atoms with Crippen molar-refractivity contribution >= 4 is 12.1 Å². The first-order valence-electron chi connectivity index (χ1n) is 3.35. The standard InChI is InChI=1S/C5H4N2O.C3H6O/c8-4-5-3-6-1-2-7-5;1-3(2)4/h1-4H;1-2H3. The SMILES string of the molecule is CC(C)=O.O=Cc1cnccn1. The Morgan fingerprint density at radius 2 is 2.00 bits per heavy atom. The van der Waals surface area contributed by atoms with Crippen molar-refractivity contribution in [3.63, 3.8) is 0 Å². The van der Waals surface area contributed by atoms with E-state index >= 15 is 0 Å². The molecular weight excluding hydrogens is 156 g/mol. The third-order valence-corrected chi connectivity index (χ3v) is 0.704. The molecule has 1 aromatic heterocycles. The molecule has 0 saturated carbocycles. The van der Waals surface area contributed by atoms with Crippen molar-refractivity contribution in [1.82, 2.24) is 9.97 Å². The Balaban J connectivity index is 0.000000261. The molecule has 0 fully saturated rings. The number of ketones is 1. The zero-order valence-corrected chi connectivity index (χ0v) is 7.02. The molecule has 0 radical (unpaired) electrons. The molecule has 0 N–H and O–H groups in total. The monoisotopic (exact) mass is 166 g/mol. The maximum absolute atomic E-state index is 9.90. The quantitative estimate of drug-likeness (QED) is 0.581. The second-order valence-corrected chi connectivity index (χ2v) is 2.16. The number of hydrogen-bond acceptors (Lipinski definition) is 4. The van der Waals surface area contributed by atoms with Crippen LogP contribution in [0.3, 0.4) is 0 Å². The Morgan fingerprint density at radius 3 is 2.25 bits per heavy atom. The summed E-state index contributed by atoms with van der Waals surface area (Å²) in [4.78, 5) is 26.7. The summed E-state index contributed by atoms with van der Waals surface area (Å²) < 4.78 is 0. The van der Waals surface area contributed by atoms with Crippen molar-refractivity contribution < 1.29 is 9.59 Å². The van der Waals surface area contributed by atoms with Crippen LogP contribution >= 0.6 is 0 Å². The molecule has 0 amide bonds. The molecule has 0 saturated heterocycles. The Bertz CT molecular complexity index is 242. The first-order valence-corrected chi connectivity index (χ1v) is 3.35. The molecule has 1 rings (SSSR count). The van der Waals surface area contributed by atoms with E-state index in [4.69, 9.17) is 0 Å². The van der Waals surface area contributed by atoms with E-state index in [1.165, 1.54) is 32.4 Å². The highest BCUT2D eigenvalue weighted by Crippen LogP contribution is 1.80. The lowest BCUT2D eigenvalue weighted by molar-refractivity contribution is -0.114. The van der Waals surface area contributed by atoms with E-state index in [2.05, 4.69) is 9.97 Å². The zero-order chi connectivity index (χ0) is 9.40. The molecule has 0 aromatic carbocycles. The van der Waals surface area contributed by atoms with Crippen molar-refractivity contribution in [2.75, 3.05) is 0 Å². The lowest BCUT2D eigenvalue weighted by Gasteiger charge is -1.80. The van der Waals surface area contributed by atoms with E-state index in [1.54, 1.807) is 0 Å². The average molecular weight is 166 g/mol. The Morgan fingerprint density at radius 1 is 1.42 bits per heavy atom. The van der Waals surface area contributed by atoms with E-state index in [0.717, 1.165) is 0 Å². The summed E-state index contributed by atoms with van der Waals surface area (Å²) in [7, 11) is 0. The number of carbonyl (C=O) groups is 2. The van der Waals surface area contributed by atoms with Gasteiger partial charge in [0, 0.05) is 12.4 Å². The molecular formula is C8H10N2O2. The van der Waals surface area contributed by atoms with Crippen LogP contribution in [0.2, 0.25) is 0 Å². The molecule has 0 aliphatic heterocycles. The molecule has 4 nitrogen and oxygen atoms in total. The largest absolute Gasteiger partial charge is 0.300 e. The predicted octanol–water partition coefficient (Wildman–Crippen LogP) is 0.884. The van der Waals surface area contributed by atoms with Crippen LogP contribution in [0.15, 0.2) is 18.6 Å². The third-order valence-electron chi connectivity index (χ3n) is 0.704. The summed E-state index contributed by atoms with van der Waals surface area (Å²) in [6.07, 6.45) is 5.07. The average Bonchev–Trinajstić information content (AvgIpc) is 2.05. The number of carbonyl (C=O) groups excluding carboxylic acids is 2. The second-order valence-electron chi connectivity index (χ2n) is 2.16. The predicted molar refractivity (Wildman–Crippen MR) is 43.8 cm³/mol. The lowest BCUT2D eigenvalue weighted by atomic mass is 10.5. The minimum atomic E-state index is 0.167. The molecule has 0 unspecified atom stereocenters. The molecule has 0 aliphatic rings. The Hall–Kier alpha value is -1.58. The van der Waals surface area contributed by atoms with Crippen LogP contribution in [0.25, 0.3) is 0 Å². The summed E-state index contributed by atoms with van der Waals surface area (Å²) >= 11 is 0. The highest BCUT2D eigenvalue weighted by Gasteiger charge is 1.83. The summed E-state index contributed by atoms with van der Waals surface area (Å²) in [6, 6.07) is 0. The van der Waals surface area contributed by atoms with Gasteiger partial charge in [-0.3, -0.25) is 14.8 Å². The van der Waals surface area contributed by atoms with Gasteiger partial charge >= 0.3 is 0 Å².